The van der Waals surface area contributed by atoms with E-state index in [1.165, 1.54) is 16.6 Å². The summed E-state index contributed by atoms with van der Waals surface area (Å²) in [7, 11) is 2.05. The summed E-state index contributed by atoms with van der Waals surface area (Å²) in [6.07, 6.45) is 0.980. The average Bonchev–Trinajstić information content (AvgIpc) is 2.52. The molecular formula is C12H15ClN2. The van der Waals surface area contributed by atoms with E-state index in [0.717, 1.165) is 17.0 Å². The van der Waals surface area contributed by atoms with Crippen molar-refractivity contribution < 1.29 is 0 Å². The minimum Gasteiger partial charge on any atom is -0.346 e. The lowest BCUT2D eigenvalue weighted by atomic mass is 10.1. The van der Waals surface area contributed by atoms with Gasteiger partial charge in [-0.05, 0) is 18.1 Å². The number of aromatic nitrogens is 1. The number of halogens is 1. The van der Waals surface area contributed by atoms with Crippen molar-refractivity contribution >= 4 is 22.5 Å². The Hall–Kier alpha value is -0.990. The summed E-state index contributed by atoms with van der Waals surface area (Å²) in [6, 6.07) is 5.98. The summed E-state index contributed by atoms with van der Waals surface area (Å²) >= 11 is 6.20. The van der Waals surface area contributed by atoms with Crippen molar-refractivity contribution in [3.05, 3.63) is 34.5 Å². The first-order valence-corrected chi connectivity index (χ1v) is 5.53. The zero-order chi connectivity index (χ0) is 11.0. The molecule has 2 aromatic rings. The van der Waals surface area contributed by atoms with E-state index >= 15 is 0 Å². The van der Waals surface area contributed by atoms with Gasteiger partial charge in [-0.25, -0.2) is 0 Å². The molecule has 0 aliphatic rings. The molecule has 2 rings (SSSR count). The first-order valence-electron chi connectivity index (χ1n) is 5.15. The molecule has 80 valence electrons. The van der Waals surface area contributed by atoms with Gasteiger partial charge in [0.25, 0.3) is 0 Å². The summed E-state index contributed by atoms with van der Waals surface area (Å²) in [5, 5.41) is 1.98. The van der Waals surface area contributed by atoms with E-state index < -0.39 is 0 Å². The Morgan fingerprint density at radius 3 is 2.73 bits per heavy atom. The fraction of sp³-hybridized carbons (Fsp3) is 0.333. The van der Waals surface area contributed by atoms with Crippen molar-refractivity contribution in [2.24, 2.45) is 12.8 Å². The number of hydrogen-bond donors (Lipinski definition) is 1. The Labute approximate surface area is 94.6 Å². The van der Waals surface area contributed by atoms with Gasteiger partial charge >= 0.3 is 0 Å². The summed E-state index contributed by atoms with van der Waals surface area (Å²) < 4.78 is 2.15. The number of nitrogens with two attached hydrogens (primary N) is 1. The van der Waals surface area contributed by atoms with Gasteiger partial charge in [-0.1, -0.05) is 30.7 Å². The molecule has 0 saturated heterocycles. The molecule has 0 unspecified atom stereocenters. The lowest BCUT2D eigenvalue weighted by Crippen LogP contribution is -2.02. The van der Waals surface area contributed by atoms with Crippen molar-refractivity contribution in [3.63, 3.8) is 0 Å². The maximum Gasteiger partial charge on any atom is 0.0672 e. The van der Waals surface area contributed by atoms with Gasteiger partial charge in [0, 0.05) is 24.7 Å². The second-order valence-corrected chi connectivity index (χ2v) is 4.09. The molecule has 0 spiro atoms. The summed E-state index contributed by atoms with van der Waals surface area (Å²) in [4.78, 5) is 0. The maximum absolute atomic E-state index is 6.20. The van der Waals surface area contributed by atoms with Crippen LogP contribution < -0.4 is 5.73 Å². The average molecular weight is 223 g/mol. The van der Waals surface area contributed by atoms with E-state index in [1.807, 2.05) is 19.2 Å². The van der Waals surface area contributed by atoms with E-state index in [2.05, 4.69) is 17.6 Å². The highest BCUT2D eigenvalue weighted by atomic mass is 35.5. The third kappa shape index (κ3) is 1.45. The van der Waals surface area contributed by atoms with Crippen molar-refractivity contribution in [2.45, 2.75) is 19.9 Å². The van der Waals surface area contributed by atoms with Crippen LogP contribution in [0.15, 0.2) is 18.2 Å². The fourth-order valence-corrected chi connectivity index (χ4v) is 2.57. The van der Waals surface area contributed by atoms with Crippen LogP contribution in [0, 0.1) is 0 Å². The molecule has 3 heteroatoms. The summed E-state index contributed by atoms with van der Waals surface area (Å²) in [6.45, 7) is 2.71. The molecule has 0 amide bonds. The van der Waals surface area contributed by atoms with Crippen LogP contribution >= 0.6 is 11.6 Å². The van der Waals surface area contributed by atoms with Crippen molar-refractivity contribution in [3.8, 4) is 0 Å². The molecule has 0 fully saturated rings. The zero-order valence-corrected chi connectivity index (χ0v) is 9.80. The predicted octanol–water partition coefficient (Wildman–Crippen LogP) is 2.85. The Morgan fingerprint density at radius 2 is 2.13 bits per heavy atom. The SMILES string of the molecule is CCc1c(CN)c2cccc(Cl)c2n1C. The second kappa shape index (κ2) is 3.87. The summed E-state index contributed by atoms with van der Waals surface area (Å²) in [5.74, 6) is 0. The topological polar surface area (TPSA) is 30.9 Å². The van der Waals surface area contributed by atoms with Crippen molar-refractivity contribution in [2.75, 3.05) is 0 Å². The number of nitrogens with zero attached hydrogens (tertiary/aromatic N) is 1. The first-order chi connectivity index (χ1) is 7.20. The van der Waals surface area contributed by atoms with Crippen LogP contribution in [0.5, 0.6) is 0 Å². The molecule has 1 aromatic carbocycles. The second-order valence-electron chi connectivity index (χ2n) is 3.68. The molecule has 2 N–H and O–H groups in total. The van der Waals surface area contributed by atoms with Crippen LogP contribution in [-0.2, 0) is 20.0 Å². The molecule has 0 saturated carbocycles. The zero-order valence-electron chi connectivity index (χ0n) is 9.05. The molecule has 2 nitrogen and oxygen atoms in total. The highest BCUT2D eigenvalue weighted by molar-refractivity contribution is 6.35. The number of aryl methyl sites for hydroxylation is 1. The number of para-hydroxylation sites is 1. The van der Waals surface area contributed by atoms with Gasteiger partial charge in [-0.3, -0.25) is 0 Å². The Bertz CT molecular complexity index is 500. The van der Waals surface area contributed by atoms with Crippen LogP contribution in [0.25, 0.3) is 10.9 Å². The van der Waals surface area contributed by atoms with Gasteiger partial charge < -0.3 is 10.3 Å². The predicted molar refractivity (Wildman–Crippen MR) is 65.2 cm³/mol. The van der Waals surface area contributed by atoms with Gasteiger partial charge in [0.05, 0.1) is 10.5 Å². The van der Waals surface area contributed by atoms with Crippen LogP contribution in [0.4, 0.5) is 0 Å². The van der Waals surface area contributed by atoms with Gasteiger partial charge in [-0.2, -0.15) is 0 Å². The van der Waals surface area contributed by atoms with Crippen LogP contribution in [-0.4, -0.2) is 4.57 Å². The molecule has 0 bridgehead atoms. The standard InChI is InChI=1S/C12H15ClN2/c1-3-11-9(7-14)8-5-4-6-10(13)12(8)15(11)2/h4-6H,3,7,14H2,1-2H3. The molecule has 15 heavy (non-hydrogen) atoms. The highest BCUT2D eigenvalue weighted by Crippen LogP contribution is 2.30. The molecule has 0 aliphatic carbocycles. The van der Waals surface area contributed by atoms with Gasteiger partial charge in [0.15, 0.2) is 0 Å². The number of fused-ring (bicyclic) bond motifs is 1. The lowest BCUT2D eigenvalue weighted by Gasteiger charge is -2.03. The largest absolute Gasteiger partial charge is 0.346 e. The van der Waals surface area contributed by atoms with Crippen LogP contribution in [0.2, 0.25) is 5.02 Å². The highest BCUT2D eigenvalue weighted by Gasteiger charge is 2.13. The smallest absolute Gasteiger partial charge is 0.0672 e. The van der Waals surface area contributed by atoms with E-state index in [4.69, 9.17) is 17.3 Å². The Morgan fingerprint density at radius 1 is 1.40 bits per heavy atom. The first kappa shape index (κ1) is 10.5. The number of benzene rings is 1. The molecule has 0 radical (unpaired) electrons. The van der Waals surface area contributed by atoms with Gasteiger partial charge in [-0.15, -0.1) is 0 Å². The fourth-order valence-electron chi connectivity index (χ4n) is 2.27. The minimum atomic E-state index is 0.570. The summed E-state index contributed by atoms with van der Waals surface area (Å²) in [5.41, 5.74) is 9.39. The number of hydrogen-bond acceptors (Lipinski definition) is 1. The third-order valence-electron chi connectivity index (χ3n) is 2.94. The monoisotopic (exact) mass is 222 g/mol. The molecule has 1 heterocycles. The molecular weight excluding hydrogens is 208 g/mol. The van der Waals surface area contributed by atoms with Crippen LogP contribution in [0.3, 0.4) is 0 Å². The van der Waals surface area contributed by atoms with E-state index in [0.29, 0.717) is 6.54 Å². The molecule has 0 aliphatic heterocycles. The van der Waals surface area contributed by atoms with Crippen molar-refractivity contribution in [1.29, 1.82) is 0 Å². The quantitative estimate of drug-likeness (QED) is 0.833. The Balaban J connectivity index is 2.91. The third-order valence-corrected chi connectivity index (χ3v) is 3.24. The maximum atomic E-state index is 6.20. The Kier molecular flexibility index (Phi) is 2.72. The van der Waals surface area contributed by atoms with Gasteiger partial charge in [0.2, 0.25) is 0 Å². The number of rotatable bonds is 2. The molecule has 1 aromatic heterocycles. The van der Waals surface area contributed by atoms with Crippen molar-refractivity contribution in [1.82, 2.24) is 4.57 Å². The van der Waals surface area contributed by atoms with E-state index in [9.17, 15) is 0 Å². The van der Waals surface area contributed by atoms with Crippen LogP contribution in [0.1, 0.15) is 18.2 Å². The van der Waals surface area contributed by atoms with E-state index in [-0.39, 0.29) is 0 Å². The van der Waals surface area contributed by atoms with E-state index in [1.54, 1.807) is 0 Å². The minimum absolute atomic E-state index is 0.570. The molecule has 0 atom stereocenters. The lowest BCUT2D eigenvalue weighted by molar-refractivity contribution is 0.842. The normalized spacial score (nSPS) is 11.2. The van der Waals surface area contributed by atoms with Gasteiger partial charge in [0.1, 0.15) is 0 Å².